The molecule has 1 saturated heterocycles. The number of amides is 1. The second-order valence-electron chi connectivity index (χ2n) is 7.07. The first-order valence-electron chi connectivity index (χ1n) is 9.26. The van der Waals surface area contributed by atoms with E-state index in [1.54, 1.807) is 29.3 Å². The van der Waals surface area contributed by atoms with Crippen LogP contribution in [0.4, 0.5) is 4.39 Å². The lowest BCUT2D eigenvalue weighted by molar-refractivity contribution is -0.130. The molecule has 1 amide bonds. The number of aromatic nitrogens is 1. The second-order valence-corrected chi connectivity index (χ2v) is 7.07. The molecular weight excluding hydrogens is 345 g/mol. The van der Waals surface area contributed by atoms with Crippen molar-refractivity contribution in [3.63, 3.8) is 0 Å². The maximum atomic E-state index is 14.4. The Balaban J connectivity index is 1.68. The van der Waals surface area contributed by atoms with Gasteiger partial charge in [0.1, 0.15) is 17.1 Å². The van der Waals surface area contributed by atoms with Gasteiger partial charge in [-0.15, -0.1) is 0 Å². The zero-order valence-electron chi connectivity index (χ0n) is 15.5. The molecule has 0 saturated carbocycles. The molecular formula is C21H22FN3O2. The fourth-order valence-electron chi connectivity index (χ4n) is 3.87. The number of carbonyl (C=O) groups excluding carboxylic acids is 1. The van der Waals surface area contributed by atoms with Crippen LogP contribution in [-0.4, -0.2) is 47.2 Å². The standard InChI is InChI=1S/C21H22FN3O2/c1-3-27-15-4-5-17(22)16(13-15)14-7-10-23-19(12-14)18-6-8-21(24-18)9-11-25(2)20(21)26/h4-5,7,10,12-13H,3,6,8-9,11H2,1-2H3/t21-/m1/s1. The van der Waals surface area contributed by atoms with Gasteiger partial charge in [0.25, 0.3) is 0 Å². The van der Waals surface area contributed by atoms with Crippen molar-refractivity contribution < 1.29 is 13.9 Å². The highest BCUT2D eigenvalue weighted by Crippen LogP contribution is 2.37. The molecule has 0 unspecified atom stereocenters. The van der Waals surface area contributed by atoms with Crippen molar-refractivity contribution in [1.29, 1.82) is 0 Å². The van der Waals surface area contributed by atoms with Gasteiger partial charge in [0.2, 0.25) is 5.91 Å². The third-order valence-corrected chi connectivity index (χ3v) is 5.35. The first kappa shape index (κ1) is 17.6. The predicted molar refractivity (Wildman–Crippen MR) is 102 cm³/mol. The van der Waals surface area contributed by atoms with Gasteiger partial charge in [0.15, 0.2) is 0 Å². The van der Waals surface area contributed by atoms with Crippen LogP contribution in [-0.2, 0) is 4.79 Å². The lowest BCUT2D eigenvalue weighted by Crippen LogP contribution is -2.35. The molecule has 1 fully saturated rings. The average Bonchev–Trinajstić information content (AvgIpc) is 3.24. The Morgan fingerprint density at radius 2 is 2.11 bits per heavy atom. The monoisotopic (exact) mass is 367 g/mol. The quantitative estimate of drug-likeness (QED) is 0.831. The molecule has 1 aromatic heterocycles. The number of pyridine rings is 1. The summed E-state index contributed by atoms with van der Waals surface area (Å²) in [4.78, 5) is 23.4. The van der Waals surface area contributed by atoms with Crippen LogP contribution in [0, 0.1) is 5.82 Å². The molecule has 4 rings (SSSR count). The van der Waals surface area contributed by atoms with Gasteiger partial charge in [0.05, 0.1) is 18.0 Å². The molecule has 1 atom stereocenters. The Kier molecular flexibility index (Phi) is 4.42. The Bertz CT molecular complexity index is 927. The van der Waals surface area contributed by atoms with Crippen molar-refractivity contribution >= 4 is 11.6 Å². The minimum Gasteiger partial charge on any atom is -0.494 e. The molecule has 3 heterocycles. The summed E-state index contributed by atoms with van der Waals surface area (Å²) in [6.07, 6.45) is 3.83. The van der Waals surface area contributed by atoms with E-state index < -0.39 is 5.54 Å². The molecule has 27 heavy (non-hydrogen) atoms. The smallest absolute Gasteiger partial charge is 0.250 e. The maximum Gasteiger partial charge on any atom is 0.250 e. The van der Waals surface area contributed by atoms with Crippen molar-refractivity contribution in [3.8, 4) is 16.9 Å². The van der Waals surface area contributed by atoms with Crippen LogP contribution in [0.15, 0.2) is 41.5 Å². The fraction of sp³-hybridized carbons (Fsp3) is 0.381. The molecule has 2 aliphatic rings. The number of rotatable bonds is 4. The fourth-order valence-corrected chi connectivity index (χ4v) is 3.87. The SMILES string of the molecule is CCOc1ccc(F)c(-c2ccnc(C3=N[C@]4(CC3)CCN(C)C4=O)c2)c1. The van der Waals surface area contributed by atoms with E-state index in [0.717, 1.165) is 24.2 Å². The van der Waals surface area contributed by atoms with E-state index in [0.29, 0.717) is 36.5 Å². The summed E-state index contributed by atoms with van der Waals surface area (Å²) in [5.74, 6) is 0.404. The Morgan fingerprint density at radius 1 is 1.26 bits per heavy atom. The Morgan fingerprint density at radius 3 is 2.85 bits per heavy atom. The minimum atomic E-state index is -0.623. The number of likely N-dealkylation sites (tertiary alicyclic amines) is 1. The van der Waals surface area contributed by atoms with Gasteiger partial charge >= 0.3 is 0 Å². The van der Waals surface area contributed by atoms with Crippen LogP contribution in [0.1, 0.15) is 31.9 Å². The van der Waals surface area contributed by atoms with Crippen LogP contribution in [0.5, 0.6) is 5.75 Å². The summed E-state index contributed by atoms with van der Waals surface area (Å²) in [7, 11) is 1.82. The Labute approximate surface area is 157 Å². The Hall–Kier alpha value is -2.76. The first-order valence-corrected chi connectivity index (χ1v) is 9.26. The number of hydrogen-bond donors (Lipinski definition) is 0. The lowest BCUT2D eigenvalue weighted by atomic mass is 9.95. The number of ether oxygens (including phenoxy) is 1. The first-order chi connectivity index (χ1) is 13.0. The van der Waals surface area contributed by atoms with Gasteiger partial charge in [-0.05, 0) is 62.1 Å². The summed E-state index contributed by atoms with van der Waals surface area (Å²) in [5.41, 5.74) is 2.09. The van der Waals surface area contributed by atoms with Crippen molar-refractivity contribution in [2.75, 3.05) is 20.2 Å². The predicted octanol–water partition coefficient (Wildman–Crippen LogP) is 3.47. The van der Waals surface area contributed by atoms with Crippen LogP contribution in [0.2, 0.25) is 0 Å². The highest BCUT2D eigenvalue weighted by atomic mass is 19.1. The van der Waals surface area contributed by atoms with Crippen molar-refractivity contribution in [1.82, 2.24) is 9.88 Å². The highest BCUT2D eigenvalue weighted by molar-refractivity contribution is 6.05. The molecule has 2 aromatic rings. The number of halogens is 1. The van der Waals surface area contributed by atoms with E-state index in [9.17, 15) is 9.18 Å². The summed E-state index contributed by atoms with van der Waals surface area (Å²) >= 11 is 0. The maximum absolute atomic E-state index is 14.4. The third kappa shape index (κ3) is 3.09. The van der Waals surface area contributed by atoms with Gasteiger partial charge < -0.3 is 9.64 Å². The van der Waals surface area contributed by atoms with Gasteiger partial charge in [0, 0.05) is 25.4 Å². The van der Waals surface area contributed by atoms with E-state index in [2.05, 4.69) is 4.98 Å². The van der Waals surface area contributed by atoms with E-state index in [1.165, 1.54) is 6.07 Å². The van der Waals surface area contributed by atoms with Gasteiger partial charge in [-0.25, -0.2) is 4.39 Å². The number of carbonyl (C=O) groups is 1. The minimum absolute atomic E-state index is 0.0871. The second kappa shape index (κ2) is 6.76. The molecule has 0 bridgehead atoms. The topological polar surface area (TPSA) is 54.8 Å². The third-order valence-electron chi connectivity index (χ3n) is 5.35. The number of hydrogen-bond acceptors (Lipinski definition) is 4. The molecule has 0 radical (unpaired) electrons. The van der Waals surface area contributed by atoms with Crippen LogP contribution >= 0.6 is 0 Å². The lowest BCUT2D eigenvalue weighted by Gasteiger charge is -2.16. The molecule has 0 N–H and O–H groups in total. The van der Waals surface area contributed by atoms with E-state index in [-0.39, 0.29) is 11.7 Å². The van der Waals surface area contributed by atoms with E-state index >= 15 is 0 Å². The zero-order valence-corrected chi connectivity index (χ0v) is 15.5. The zero-order chi connectivity index (χ0) is 19.0. The molecule has 140 valence electrons. The highest BCUT2D eigenvalue weighted by Gasteiger charge is 2.48. The van der Waals surface area contributed by atoms with Gasteiger partial charge in [-0.2, -0.15) is 0 Å². The average molecular weight is 367 g/mol. The number of benzene rings is 1. The normalized spacial score (nSPS) is 21.8. The van der Waals surface area contributed by atoms with E-state index in [1.807, 2.05) is 20.0 Å². The molecule has 2 aliphatic heterocycles. The van der Waals surface area contributed by atoms with Crippen LogP contribution in [0.3, 0.4) is 0 Å². The molecule has 0 aliphatic carbocycles. The number of likely N-dealkylation sites (N-methyl/N-ethyl adjacent to an activating group) is 1. The molecule has 6 heteroatoms. The van der Waals surface area contributed by atoms with E-state index in [4.69, 9.17) is 9.73 Å². The summed E-state index contributed by atoms with van der Waals surface area (Å²) in [6, 6.07) is 8.35. The molecule has 1 aromatic carbocycles. The summed E-state index contributed by atoms with van der Waals surface area (Å²) < 4.78 is 19.9. The number of aliphatic imine (C=N–C) groups is 1. The largest absolute Gasteiger partial charge is 0.494 e. The van der Waals surface area contributed by atoms with Gasteiger partial charge in [-0.3, -0.25) is 14.8 Å². The van der Waals surface area contributed by atoms with Gasteiger partial charge in [-0.1, -0.05) is 0 Å². The van der Waals surface area contributed by atoms with Crippen molar-refractivity contribution in [3.05, 3.63) is 48.0 Å². The number of nitrogens with zero attached hydrogens (tertiary/aromatic N) is 3. The molecule has 5 nitrogen and oxygen atoms in total. The van der Waals surface area contributed by atoms with Crippen LogP contribution < -0.4 is 4.74 Å². The van der Waals surface area contributed by atoms with Crippen LogP contribution in [0.25, 0.3) is 11.1 Å². The summed E-state index contributed by atoms with van der Waals surface area (Å²) in [6.45, 7) is 3.15. The van der Waals surface area contributed by atoms with Crippen molar-refractivity contribution in [2.45, 2.75) is 31.7 Å². The molecule has 1 spiro atoms. The van der Waals surface area contributed by atoms with Crippen molar-refractivity contribution in [2.24, 2.45) is 4.99 Å². The summed E-state index contributed by atoms with van der Waals surface area (Å²) in [5, 5.41) is 0.